The number of aryl methyl sites for hydroxylation is 1. The second-order valence-electron chi connectivity index (χ2n) is 8.51. The number of alkyl halides is 1. The number of amides is 1. The van der Waals surface area contributed by atoms with Crippen LogP contribution in [0.25, 0.3) is 0 Å². The maximum atomic E-state index is 14.4. The molecule has 2 aromatic rings. The Hall–Kier alpha value is -2.48. The van der Waals surface area contributed by atoms with Crippen LogP contribution >= 0.6 is 0 Å². The fourth-order valence-corrected chi connectivity index (χ4v) is 3.92. The standard InChI is InChI=1S/C21H30FN5O2/c1-21(2,29)18(22)10-17-19(20(23)28)16(8-9-24-17)26-15-6-4-13(5-7-15)14-11-25-27(3)12-14/h8-9,11-13,15,18,29H,4-7,10H2,1-3H3,(H2,23,28)(H,24,26)/t13?,15?,18-/m1/s1. The van der Waals surface area contributed by atoms with Crippen LogP contribution in [0.1, 0.15) is 67.1 Å². The van der Waals surface area contributed by atoms with Gasteiger partial charge in [0.2, 0.25) is 0 Å². The molecule has 0 spiro atoms. The zero-order valence-corrected chi connectivity index (χ0v) is 17.2. The van der Waals surface area contributed by atoms with Crippen molar-refractivity contribution >= 4 is 11.6 Å². The minimum Gasteiger partial charge on any atom is -0.387 e. The van der Waals surface area contributed by atoms with Gasteiger partial charge in [0.15, 0.2) is 0 Å². The average Bonchev–Trinajstić information content (AvgIpc) is 3.08. The highest BCUT2D eigenvalue weighted by molar-refractivity contribution is 5.99. The highest BCUT2D eigenvalue weighted by Gasteiger charge is 2.30. The maximum Gasteiger partial charge on any atom is 0.252 e. The lowest BCUT2D eigenvalue weighted by Crippen LogP contribution is -2.35. The van der Waals surface area contributed by atoms with Crippen LogP contribution in [0, 0.1) is 0 Å². The summed E-state index contributed by atoms with van der Waals surface area (Å²) in [5, 5.41) is 17.6. The number of anilines is 1. The highest BCUT2D eigenvalue weighted by atomic mass is 19.1. The zero-order chi connectivity index (χ0) is 21.2. The van der Waals surface area contributed by atoms with E-state index < -0.39 is 17.7 Å². The van der Waals surface area contributed by atoms with Crippen LogP contribution in [0.4, 0.5) is 10.1 Å². The highest BCUT2D eigenvalue weighted by Crippen LogP contribution is 2.34. The van der Waals surface area contributed by atoms with Crippen LogP contribution in [0.15, 0.2) is 24.7 Å². The number of aliphatic hydroxyl groups is 1. The van der Waals surface area contributed by atoms with Gasteiger partial charge in [0.25, 0.3) is 5.91 Å². The van der Waals surface area contributed by atoms with E-state index >= 15 is 0 Å². The molecule has 29 heavy (non-hydrogen) atoms. The van der Waals surface area contributed by atoms with Crippen molar-refractivity contribution in [3.05, 3.63) is 41.5 Å². The van der Waals surface area contributed by atoms with E-state index in [1.165, 1.54) is 19.4 Å². The number of hydrogen-bond acceptors (Lipinski definition) is 5. The quantitative estimate of drug-likeness (QED) is 0.659. The Labute approximate surface area is 170 Å². The van der Waals surface area contributed by atoms with E-state index in [9.17, 15) is 14.3 Å². The van der Waals surface area contributed by atoms with Gasteiger partial charge in [-0.05, 0) is 57.1 Å². The molecule has 1 fully saturated rings. The summed E-state index contributed by atoms with van der Waals surface area (Å²) in [5.74, 6) is -0.160. The number of aromatic nitrogens is 3. The molecule has 0 bridgehead atoms. The Morgan fingerprint density at radius 3 is 2.66 bits per heavy atom. The van der Waals surface area contributed by atoms with Gasteiger partial charge in [0, 0.05) is 31.9 Å². The number of nitrogens with zero attached hydrogens (tertiary/aromatic N) is 3. The largest absolute Gasteiger partial charge is 0.387 e. The van der Waals surface area contributed by atoms with Crippen LogP contribution in [0.5, 0.6) is 0 Å². The predicted molar refractivity (Wildman–Crippen MR) is 109 cm³/mol. The molecule has 2 aromatic heterocycles. The number of primary amides is 1. The third kappa shape index (κ3) is 5.12. The molecule has 0 unspecified atom stereocenters. The van der Waals surface area contributed by atoms with Gasteiger partial charge in [-0.15, -0.1) is 0 Å². The van der Waals surface area contributed by atoms with Crippen molar-refractivity contribution in [3.8, 4) is 0 Å². The molecule has 1 aliphatic carbocycles. The van der Waals surface area contributed by atoms with Crippen molar-refractivity contribution in [1.82, 2.24) is 14.8 Å². The van der Waals surface area contributed by atoms with E-state index in [0.29, 0.717) is 11.6 Å². The summed E-state index contributed by atoms with van der Waals surface area (Å²) in [4.78, 5) is 16.3. The molecule has 7 nitrogen and oxygen atoms in total. The van der Waals surface area contributed by atoms with Crippen molar-refractivity contribution in [2.75, 3.05) is 5.32 Å². The Bertz CT molecular complexity index is 853. The van der Waals surface area contributed by atoms with Crippen molar-refractivity contribution < 1.29 is 14.3 Å². The van der Waals surface area contributed by atoms with Gasteiger partial charge in [0.1, 0.15) is 6.17 Å². The van der Waals surface area contributed by atoms with E-state index in [1.54, 1.807) is 12.3 Å². The van der Waals surface area contributed by atoms with Gasteiger partial charge in [-0.25, -0.2) is 4.39 Å². The van der Waals surface area contributed by atoms with E-state index in [1.807, 2.05) is 17.9 Å². The lowest BCUT2D eigenvalue weighted by molar-refractivity contribution is -0.00307. The van der Waals surface area contributed by atoms with E-state index in [4.69, 9.17) is 5.73 Å². The number of carbonyl (C=O) groups excluding carboxylic acids is 1. The first-order valence-electron chi connectivity index (χ1n) is 10.0. The van der Waals surface area contributed by atoms with Crippen molar-refractivity contribution in [2.24, 2.45) is 12.8 Å². The molecule has 3 rings (SSSR count). The van der Waals surface area contributed by atoms with Crippen molar-refractivity contribution in [3.63, 3.8) is 0 Å². The monoisotopic (exact) mass is 403 g/mol. The van der Waals surface area contributed by atoms with Gasteiger partial charge in [-0.2, -0.15) is 5.10 Å². The van der Waals surface area contributed by atoms with Crippen LogP contribution < -0.4 is 11.1 Å². The lowest BCUT2D eigenvalue weighted by atomic mass is 9.82. The SMILES string of the molecule is Cn1cc(C2CCC(Nc3ccnc(C[C@@H](F)C(C)(C)O)c3C(N)=O)CC2)cn1. The molecule has 158 valence electrons. The number of halogens is 1. The molecule has 1 saturated carbocycles. The fourth-order valence-electron chi connectivity index (χ4n) is 3.92. The number of rotatable bonds is 7. The van der Waals surface area contributed by atoms with E-state index in [-0.39, 0.29) is 23.7 Å². The molecule has 2 heterocycles. The van der Waals surface area contributed by atoms with Gasteiger partial charge in [-0.1, -0.05) is 0 Å². The molecular weight excluding hydrogens is 373 g/mol. The van der Waals surface area contributed by atoms with Crippen LogP contribution in [0.2, 0.25) is 0 Å². The van der Waals surface area contributed by atoms with Crippen LogP contribution in [0.3, 0.4) is 0 Å². The molecule has 8 heteroatoms. The molecule has 0 radical (unpaired) electrons. The minimum atomic E-state index is -1.56. The summed E-state index contributed by atoms with van der Waals surface area (Å²) in [7, 11) is 1.92. The summed E-state index contributed by atoms with van der Waals surface area (Å²) in [5.41, 5.74) is 6.38. The van der Waals surface area contributed by atoms with E-state index in [2.05, 4.69) is 21.6 Å². The Morgan fingerprint density at radius 1 is 1.41 bits per heavy atom. The number of carbonyl (C=O) groups is 1. The first-order chi connectivity index (χ1) is 13.6. The first-order valence-corrected chi connectivity index (χ1v) is 10.0. The second-order valence-corrected chi connectivity index (χ2v) is 8.51. The third-order valence-corrected chi connectivity index (χ3v) is 5.70. The number of pyridine rings is 1. The number of nitrogens with two attached hydrogens (primary N) is 1. The Kier molecular flexibility index (Phi) is 6.21. The summed E-state index contributed by atoms with van der Waals surface area (Å²) in [6.45, 7) is 2.79. The van der Waals surface area contributed by atoms with Crippen LogP contribution in [-0.4, -0.2) is 43.6 Å². The smallest absolute Gasteiger partial charge is 0.252 e. The van der Waals surface area contributed by atoms with Crippen molar-refractivity contribution in [1.29, 1.82) is 0 Å². The summed E-state index contributed by atoms with van der Waals surface area (Å²) in [6.07, 6.45) is 7.75. The molecule has 4 N–H and O–H groups in total. The van der Waals surface area contributed by atoms with Gasteiger partial charge in [0.05, 0.1) is 28.7 Å². The Balaban J connectivity index is 1.71. The van der Waals surface area contributed by atoms with Gasteiger partial charge < -0.3 is 16.2 Å². The minimum absolute atomic E-state index is 0.176. The molecule has 1 atom stereocenters. The topological polar surface area (TPSA) is 106 Å². The molecule has 0 saturated heterocycles. The van der Waals surface area contributed by atoms with Crippen LogP contribution in [-0.2, 0) is 13.5 Å². The fraction of sp³-hybridized carbons (Fsp3) is 0.571. The predicted octanol–water partition coefficient (Wildman–Crippen LogP) is 2.70. The molecular formula is C21H30FN5O2. The molecule has 1 amide bonds. The summed E-state index contributed by atoms with van der Waals surface area (Å²) < 4.78 is 16.2. The molecule has 0 aliphatic heterocycles. The number of nitrogens with one attached hydrogen (secondary N) is 1. The third-order valence-electron chi connectivity index (χ3n) is 5.70. The van der Waals surface area contributed by atoms with Gasteiger partial charge in [-0.3, -0.25) is 14.5 Å². The Morgan fingerprint density at radius 2 is 2.10 bits per heavy atom. The lowest BCUT2D eigenvalue weighted by Gasteiger charge is -2.30. The van der Waals surface area contributed by atoms with Crippen molar-refractivity contribution in [2.45, 2.75) is 69.7 Å². The first kappa shape index (κ1) is 21.2. The number of hydrogen-bond donors (Lipinski definition) is 3. The maximum absolute atomic E-state index is 14.4. The van der Waals surface area contributed by atoms with Gasteiger partial charge >= 0.3 is 0 Å². The summed E-state index contributed by atoms with van der Waals surface area (Å²) in [6, 6.07) is 1.90. The molecule has 1 aliphatic rings. The average molecular weight is 404 g/mol. The summed E-state index contributed by atoms with van der Waals surface area (Å²) >= 11 is 0. The molecule has 0 aromatic carbocycles. The second kappa shape index (κ2) is 8.49. The normalized spacial score (nSPS) is 21.0. The zero-order valence-electron chi connectivity index (χ0n) is 17.2. The van der Waals surface area contributed by atoms with E-state index in [0.717, 1.165) is 25.7 Å².